The third-order valence-corrected chi connectivity index (χ3v) is 3.40. The van der Waals surface area contributed by atoms with Gasteiger partial charge in [0.05, 0.1) is 16.2 Å². The minimum absolute atomic E-state index is 0.326. The van der Waals surface area contributed by atoms with Crippen molar-refractivity contribution in [2.24, 2.45) is 0 Å². The first-order valence-corrected chi connectivity index (χ1v) is 6.73. The van der Waals surface area contributed by atoms with Crippen LogP contribution < -0.4 is 11.1 Å². The number of nitrogens with one attached hydrogen (secondary N) is 1. The van der Waals surface area contributed by atoms with Crippen LogP contribution in [0.15, 0.2) is 54.6 Å². The zero-order valence-corrected chi connectivity index (χ0v) is 11.8. The number of halogens is 1. The van der Waals surface area contributed by atoms with Crippen LogP contribution in [0.25, 0.3) is 10.9 Å². The van der Waals surface area contributed by atoms with E-state index in [1.54, 1.807) is 24.3 Å². The summed E-state index contributed by atoms with van der Waals surface area (Å²) < 4.78 is 0. The molecule has 0 spiro atoms. The number of nitrogens with two attached hydrogens (primary N) is 1. The monoisotopic (exact) mass is 297 g/mol. The first kappa shape index (κ1) is 13.4. The SMILES string of the molecule is Nc1ccc(Cl)c(NC(=O)c2ccc3ccccc3n2)c1. The number of anilines is 2. The van der Waals surface area contributed by atoms with Crippen LogP contribution in [0.2, 0.25) is 5.02 Å². The van der Waals surface area contributed by atoms with E-state index in [4.69, 9.17) is 17.3 Å². The average Bonchev–Trinajstić information content (AvgIpc) is 2.50. The van der Waals surface area contributed by atoms with Crippen LogP contribution in [-0.4, -0.2) is 10.9 Å². The van der Waals surface area contributed by atoms with Gasteiger partial charge in [0.2, 0.25) is 0 Å². The Hall–Kier alpha value is -2.59. The Kier molecular flexibility index (Phi) is 3.46. The number of fused-ring (bicyclic) bond motifs is 1. The predicted octanol–water partition coefficient (Wildman–Crippen LogP) is 3.72. The molecule has 0 aliphatic rings. The second-order valence-electron chi connectivity index (χ2n) is 4.58. The van der Waals surface area contributed by atoms with Crippen molar-refractivity contribution in [2.45, 2.75) is 0 Å². The van der Waals surface area contributed by atoms with Crippen LogP contribution in [-0.2, 0) is 0 Å². The number of carbonyl (C=O) groups is 1. The number of carbonyl (C=O) groups excluding carboxylic acids is 1. The quantitative estimate of drug-likeness (QED) is 0.708. The van der Waals surface area contributed by atoms with Crippen molar-refractivity contribution in [1.82, 2.24) is 4.98 Å². The molecule has 1 heterocycles. The molecule has 0 fully saturated rings. The van der Waals surface area contributed by atoms with Gasteiger partial charge in [-0.1, -0.05) is 35.9 Å². The Labute approximate surface area is 126 Å². The van der Waals surface area contributed by atoms with Gasteiger partial charge in [0.15, 0.2) is 0 Å². The number of hydrogen-bond donors (Lipinski definition) is 2. The van der Waals surface area contributed by atoms with Crippen LogP contribution in [0.3, 0.4) is 0 Å². The fourth-order valence-corrected chi connectivity index (χ4v) is 2.18. The number of hydrogen-bond acceptors (Lipinski definition) is 3. The minimum atomic E-state index is -0.326. The van der Waals surface area contributed by atoms with E-state index in [9.17, 15) is 4.79 Å². The van der Waals surface area contributed by atoms with E-state index < -0.39 is 0 Å². The highest BCUT2D eigenvalue weighted by Crippen LogP contribution is 2.24. The van der Waals surface area contributed by atoms with Gasteiger partial charge in [0, 0.05) is 11.1 Å². The molecule has 0 saturated carbocycles. The van der Waals surface area contributed by atoms with E-state index in [2.05, 4.69) is 10.3 Å². The molecule has 104 valence electrons. The van der Waals surface area contributed by atoms with Gasteiger partial charge in [-0.3, -0.25) is 4.79 Å². The maximum atomic E-state index is 12.2. The van der Waals surface area contributed by atoms with Crippen molar-refractivity contribution in [3.8, 4) is 0 Å². The number of para-hydroxylation sites is 1. The molecule has 5 heteroatoms. The largest absolute Gasteiger partial charge is 0.399 e. The zero-order valence-electron chi connectivity index (χ0n) is 11.0. The second kappa shape index (κ2) is 5.42. The molecule has 0 saturated heterocycles. The van der Waals surface area contributed by atoms with Crippen molar-refractivity contribution in [3.63, 3.8) is 0 Å². The fraction of sp³-hybridized carbons (Fsp3) is 0. The molecular formula is C16H12ClN3O. The summed E-state index contributed by atoms with van der Waals surface area (Å²) in [5.74, 6) is -0.326. The summed E-state index contributed by atoms with van der Waals surface area (Å²) in [7, 11) is 0. The Balaban J connectivity index is 1.91. The van der Waals surface area contributed by atoms with Crippen LogP contribution >= 0.6 is 11.6 Å². The van der Waals surface area contributed by atoms with E-state index in [1.165, 1.54) is 0 Å². The normalized spacial score (nSPS) is 10.5. The minimum Gasteiger partial charge on any atom is -0.399 e. The molecule has 21 heavy (non-hydrogen) atoms. The summed E-state index contributed by atoms with van der Waals surface area (Å²) in [6, 6.07) is 16.1. The smallest absolute Gasteiger partial charge is 0.274 e. The number of nitrogen functional groups attached to an aromatic ring is 1. The van der Waals surface area contributed by atoms with E-state index in [0.29, 0.717) is 22.1 Å². The van der Waals surface area contributed by atoms with Gasteiger partial charge in [0.1, 0.15) is 5.69 Å². The lowest BCUT2D eigenvalue weighted by Gasteiger charge is -2.08. The third kappa shape index (κ3) is 2.80. The molecule has 0 aliphatic carbocycles. The van der Waals surface area contributed by atoms with Crippen molar-refractivity contribution in [3.05, 3.63) is 65.3 Å². The highest BCUT2D eigenvalue weighted by Gasteiger charge is 2.10. The zero-order chi connectivity index (χ0) is 14.8. The molecule has 2 aromatic carbocycles. The molecule has 0 aliphatic heterocycles. The Morgan fingerprint density at radius 1 is 1.10 bits per heavy atom. The Bertz CT molecular complexity index is 833. The molecule has 3 aromatic rings. The maximum absolute atomic E-state index is 12.2. The lowest BCUT2D eigenvalue weighted by molar-refractivity contribution is 0.102. The van der Waals surface area contributed by atoms with E-state index >= 15 is 0 Å². The Morgan fingerprint density at radius 3 is 2.76 bits per heavy atom. The molecule has 1 aromatic heterocycles. The molecule has 0 atom stereocenters. The van der Waals surface area contributed by atoms with Gasteiger partial charge in [-0.25, -0.2) is 4.98 Å². The van der Waals surface area contributed by atoms with Gasteiger partial charge >= 0.3 is 0 Å². The Morgan fingerprint density at radius 2 is 1.90 bits per heavy atom. The number of benzene rings is 2. The highest BCUT2D eigenvalue weighted by molar-refractivity contribution is 6.34. The van der Waals surface area contributed by atoms with Gasteiger partial charge in [0.25, 0.3) is 5.91 Å². The average molecular weight is 298 g/mol. The molecule has 4 nitrogen and oxygen atoms in total. The van der Waals surface area contributed by atoms with Gasteiger partial charge < -0.3 is 11.1 Å². The first-order chi connectivity index (χ1) is 10.1. The molecule has 0 unspecified atom stereocenters. The third-order valence-electron chi connectivity index (χ3n) is 3.07. The lowest BCUT2D eigenvalue weighted by Crippen LogP contribution is -2.14. The van der Waals surface area contributed by atoms with Crippen LogP contribution in [0, 0.1) is 0 Å². The highest BCUT2D eigenvalue weighted by atomic mass is 35.5. The van der Waals surface area contributed by atoms with Crippen molar-refractivity contribution >= 4 is 39.8 Å². The number of pyridine rings is 1. The van der Waals surface area contributed by atoms with Crippen LogP contribution in [0.5, 0.6) is 0 Å². The molecule has 0 bridgehead atoms. The fourth-order valence-electron chi connectivity index (χ4n) is 2.02. The standard InChI is InChI=1S/C16H12ClN3O/c17-12-7-6-11(18)9-15(12)20-16(21)14-8-5-10-3-1-2-4-13(10)19-14/h1-9H,18H2,(H,20,21). The van der Waals surface area contributed by atoms with E-state index in [1.807, 2.05) is 30.3 Å². The molecule has 3 N–H and O–H groups in total. The summed E-state index contributed by atoms with van der Waals surface area (Å²) in [6.45, 7) is 0. The number of amides is 1. The molecule has 0 radical (unpaired) electrons. The van der Waals surface area contributed by atoms with Gasteiger partial charge in [-0.2, -0.15) is 0 Å². The number of rotatable bonds is 2. The number of nitrogens with zero attached hydrogens (tertiary/aromatic N) is 1. The van der Waals surface area contributed by atoms with Crippen molar-refractivity contribution < 1.29 is 4.79 Å². The van der Waals surface area contributed by atoms with Crippen LogP contribution in [0.1, 0.15) is 10.5 Å². The molecule has 1 amide bonds. The first-order valence-electron chi connectivity index (χ1n) is 6.36. The van der Waals surface area contributed by atoms with Gasteiger partial charge in [-0.05, 0) is 30.3 Å². The molecule has 3 rings (SSSR count). The van der Waals surface area contributed by atoms with Crippen molar-refractivity contribution in [2.75, 3.05) is 11.1 Å². The summed E-state index contributed by atoms with van der Waals surface area (Å²) in [5.41, 5.74) is 7.78. The summed E-state index contributed by atoms with van der Waals surface area (Å²) in [6.07, 6.45) is 0. The molecular weight excluding hydrogens is 286 g/mol. The summed E-state index contributed by atoms with van der Waals surface area (Å²) in [4.78, 5) is 16.6. The van der Waals surface area contributed by atoms with Crippen LogP contribution in [0.4, 0.5) is 11.4 Å². The number of aromatic nitrogens is 1. The van der Waals surface area contributed by atoms with Gasteiger partial charge in [-0.15, -0.1) is 0 Å². The van der Waals surface area contributed by atoms with E-state index in [-0.39, 0.29) is 5.91 Å². The topological polar surface area (TPSA) is 68.0 Å². The lowest BCUT2D eigenvalue weighted by atomic mass is 10.2. The summed E-state index contributed by atoms with van der Waals surface area (Å²) >= 11 is 6.03. The maximum Gasteiger partial charge on any atom is 0.274 e. The summed E-state index contributed by atoms with van der Waals surface area (Å²) in [5, 5.41) is 4.13. The second-order valence-corrected chi connectivity index (χ2v) is 4.99. The van der Waals surface area contributed by atoms with Crippen molar-refractivity contribution in [1.29, 1.82) is 0 Å². The van der Waals surface area contributed by atoms with E-state index in [0.717, 1.165) is 10.9 Å². The predicted molar refractivity (Wildman–Crippen MR) is 85.6 cm³/mol.